The maximum atomic E-state index is 14.1. The second-order valence-electron chi connectivity index (χ2n) is 5.66. The Kier molecular flexibility index (Phi) is 3.58. The highest BCUT2D eigenvalue weighted by molar-refractivity contribution is 9.10. The summed E-state index contributed by atoms with van der Waals surface area (Å²) in [4.78, 5) is 11.3. The van der Waals surface area contributed by atoms with E-state index in [2.05, 4.69) is 38.1 Å². The van der Waals surface area contributed by atoms with Crippen LogP contribution in [-0.4, -0.2) is 24.8 Å². The van der Waals surface area contributed by atoms with Crippen LogP contribution >= 0.6 is 15.9 Å². The van der Waals surface area contributed by atoms with E-state index in [1.54, 1.807) is 0 Å². The molecule has 0 radical (unpaired) electrons. The summed E-state index contributed by atoms with van der Waals surface area (Å²) in [5.74, 6) is -0.744. The molecule has 2 aliphatic carbocycles. The topological polar surface area (TPSA) is 38.3 Å². The van der Waals surface area contributed by atoms with Gasteiger partial charge in [-0.1, -0.05) is 22.0 Å². The Morgan fingerprint density at radius 2 is 2.25 bits per heavy atom. The third-order valence-electron chi connectivity index (χ3n) is 4.31. The van der Waals surface area contributed by atoms with Crippen molar-refractivity contribution in [1.82, 2.24) is 5.32 Å². The van der Waals surface area contributed by atoms with Crippen LogP contribution in [0.25, 0.3) is 0 Å². The van der Waals surface area contributed by atoms with Crippen molar-refractivity contribution in [2.75, 3.05) is 7.11 Å². The SMILES string of the molecule is COC(=O)C1(F)CC(NC2CCc3cc(Br)ccc32)C1. The molecule has 0 heterocycles. The Balaban J connectivity index is 1.61. The van der Waals surface area contributed by atoms with E-state index in [0.29, 0.717) is 0 Å². The summed E-state index contributed by atoms with van der Waals surface area (Å²) in [6, 6.07) is 6.62. The Morgan fingerprint density at radius 1 is 1.50 bits per heavy atom. The molecule has 3 nitrogen and oxygen atoms in total. The quantitative estimate of drug-likeness (QED) is 0.858. The predicted octanol–water partition coefficient (Wildman–Crippen LogP) is 3.07. The zero-order chi connectivity index (χ0) is 14.3. The Bertz CT molecular complexity index is 543. The van der Waals surface area contributed by atoms with Gasteiger partial charge in [0.1, 0.15) is 0 Å². The monoisotopic (exact) mass is 341 g/mol. The van der Waals surface area contributed by atoms with Gasteiger partial charge in [0.15, 0.2) is 0 Å². The third-order valence-corrected chi connectivity index (χ3v) is 4.80. The number of carbonyl (C=O) groups is 1. The number of hydrogen-bond donors (Lipinski definition) is 1. The van der Waals surface area contributed by atoms with Crippen LogP contribution in [0.4, 0.5) is 4.39 Å². The molecule has 0 amide bonds. The number of methoxy groups -OCH3 is 1. The van der Waals surface area contributed by atoms with Gasteiger partial charge in [-0.25, -0.2) is 9.18 Å². The maximum Gasteiger partial charge on any atom is 0.343 e. The number of ether oxygens (including phenoxy) is 1. The van der Waals surface area contributed by atoms with Gasteiger partial charge in [-0.3, -0.25) is 0 Å². The fourth-order valence-electron chi connectivity index (χ4n) is 3.23. The molecule has 1 aromatic rings. The maximum absolute atomic E-state index is 14.1. The van der Waals surface area contributed by atoms with Crippen LogP contribution in [0, 0.1) is 0 Å². The zero-order valence-corrected chi connectivity index (χ0v) is 12.9. The first-order valence-corrected chi connectivity index (χ1v) is 7.63. The molecule has 1 unspecified atom stereocenters. The molecule has 0 aliphatic heterocycles. The summed E-state index contributed by atoms with van der Waals surface area (Å²) in [5.41, 5.74) is 0.853. The minimum Gasteiger partial charge on any atom is -0.467 e. The standard InChI is InChI=1S/C15H17BrFNO2/c1-20-14(19)15(17)7-11(8-15)18-13-5-2-9-6-10(16)3-4-12(9)13/h3-4,6,11,13,18H,2,5,7-8H2,1H3. The van der Waals surface area contributed by atoms with Crippen molar-refractivity contribution < 1.29 is 13.9 Å². The lowest BCUT2D eigenvalue weighted by atomic mass is 9.77. The first-order chi connectivity index (χ1) is 9.51. The number of hydrogen-bond acceptors (Lipinski definition) is 3. The normalized spacial score (nSPS) is 31.6. The van der Waals surface area contributed by atoms with Gasteiger partial charge in [0.2, 0.25) is 5.67 Å². The number of benzene rings is 1. The average molecular weight is 342 g/mol. The van der Waals surface area contributed by atoms with E-state index in [9.17, 15) is 9.18 Å². The van der Waals surface area contributed by atoms with E-state index < -0.39 is 11.6 Å². The molecule has 1 atom stereocenters. The highest BCUT2D eigenvalue weighted by Crippen LogP contribution is 2.40. The number of alkyl halides is 1. The fourth-order valence-corrected chi connectivity index (χ4v) is 3.64. The van der Waals surface area contributed by atoms with Crippen LogP contribution in [0.3, 0.4) is 0 Å². The van der Waals surface area contributed by atoms with Crippen LogP contribution in [-0.2, 0) is 16.0 Å². The first-order valence-electron chi connectivity index (χ1n) is 6.83. The molecule has 5 heteroatoms. The average Bonchev–Trinajstić information content (AvgIpc) is 2.78. The zero-order valence-electron chi connectivity index (χ0n) is 11.3. The highest BCUT2D eigenvalue weighted by atomic mass is 79.9. The van der Waals surface area contributed by atoms with Gasteiger partial charge >= 0.3 is 5.97 Å². The minimum absolute atomic E-state index is 0.0543. The molecular weight excluding hydrogens is 325 g/mol. The second kappa shape index (κ2) is 5.11. The van der Waals surface area contributed by atoms with Crippen LogP contribution in [0.5, 0.6) is 0 Å². The lowest BCUT2D eigenvalue weighted by Gasteiger charge is -2.40. The van der Waals surface area contributed by atoms with Crippen molar-refractivity contribution in [3.63, 3.8) is 0 Å². The molecule has 1 fully saturated rings. The molecule has 0 saturated heterocycles. The number of aryl methyl sites for hydroxylation is 1. The van der Waals surface area contributed by atoms with Gasteiger partial charge in [0, 0.05) is 29.4 Å². The number of nitrogens with one attached hydrogen (secondary N) is 1. The van der Waals surface area contributed by atoms with E-state index in [1.807, 2.05) is 6.07 Å². The number of carbonyl (C=O) groups excluding carboxylic acids is 1. The smallest absolute Gasteiger partial charge is 0.343 e. The largest absolute Gasteiger partial charge is 0.467 e. The molecule has 2 aliphatic rings. The Morgan fingerprint density at radius 3 is 2.95 bits per heavy atom. The van der Waals surface area contributed by atoms with E-state index in [1.165, 1.54) is 18.2 Å². The molecule has 0 bridgehead atoms. The van der Waals surface area contributed by atoms with Gasteiger partial charge in [-0.05, 0) is 36.1 Å². The predicted molar refractivity (Wildman–Crippen MR) is 77.2 cm³/mol. The molecule has 108 valence electrons. The molecule has 1 N–H and O–H groups in total. The van der Waals surface area contributed by atoms with E-state index in [0.717, 1.165) is 17.3 Å². The van der Waals surface area contributed by atoms with Gasteiger partial charge in [0.05, 0.1) is 7.11 Å². The van der Waals surface area contributed by atoms with Crippen molar-refractivity contribution >= 4 is 21.9 Å². The van der Waals surface area contributed by atoms with Crippen LogP contribution < -0.4 is 5.32 Å². The molecule has 0 spiro atoms. The van der Waals surface area contributed by atoms with E-state index in [-0.39, 0.29) is 24.9 Å². The van der Waals surface area contributed by atoms with Crippen LogP contribution in [0.15, 0.2) is 22.7 Å². The van der Waals surface area contributed by atoms with Crippen molar-refractivity contribution in [3.8, 4) is 0 Å². The van der Waals surface area contributed by atoms with Gasteiger partial charge < -0.3 is 10.1 Å². The summed E-state index contributed by atoms with van der Waals surface area (Å²) in [6.45, 7) is 0. The number of esters is 1. The van der Waals surface area contributed by atoms with Gasteiger partial charge in [-0.2, -0.15) is 0 Å². The Hall–Kier alpha value is -0.940. The lowest BCUT2D eigenvalue weighted by molar-refractivity contribution is -0.163. The molecule has 3 rings (SSSR count). The van der Waals surface area contributed by atoms with Gasteiger partial charge in [0.25, 0.3) is 0 Å². The second-order valence-corrected chi connectivity index (χ2v) is 6.58. The van der Waals surface area contributed by atoms with Crippen molar-refractivity contribution in [1.29, 1.82) is 0 Å². The molecule has 1 saturated carbocycles. The minimum atomic E-state index is -1.78. The summed E-state index contributed by atoms with van der Waals surface area (Å²) in [7, 11) is 1.23. The number of rotatable bonds is 3. The summed E-state index contributed by atoms with van der Waals surface area (Å²) in [6.07, 6.45) is 2.49. The van der Waals surface area contributed by atoms with Crippen LogP contribution in [0.1, 0.15) is 36.4 Å². The number of fused-ring (bicyclic) bond motifs is 1. The molecule has 0 aromatic heterocycles. The van der Waals surface area contributed by atoms with Crippen molar-refractivity contribution in [3.05, 3.63) is 33.8 Å². The first kappa shape index (κ1) is 14.0. The van der Waals surface area contributed by atoms with Crippen LogP contribution in [0.2, 0.25) is 0 Å². The third kappa shape index (κ3) is 2.37. The molecular formula is C15H17BrFNO2. The van der Waals surface area contributed by atoms with E-state index in [4.69, 9.17) is 0 Å². The van der Waals surface area contributed by atoms with Crippen molar-refractivity contribution in [2.24, 2.45) is 0 Å². The molecule has 1 aromatic carbocycles. The molecule has 20 heavy (non-hydrogen) atoms. The summed E-state index contributed by atoms with van der Waals surface area (Å²) in [5, 5.41) is 3.46. The summed E-state index contributed by atoms with van der Waals surface area (Å²) < 4.78 is 19.6. The number of halogens is 2. The Labute approximate surface area is 126 Å². The lowest BCUT2D eigenvalue weighted by Crippen LogP contribution is -2.56. The fraction of sp³-hybridized carbons (Fsp3) is 0.533. The van der Waals surface area contributed by atoms with E-state index >= 15 is 0 Å². The summed E-state index contributed by atoms with van der Waals surface area (Å²) >= 11 is 3.48. The highest BCUT2D eigenvalue weighted by Gasteiger charge is 2.52. The van der Waals surface area contributed by atoms with Gasteiger partial charge in [-0.15, -0.1) is 0 Å². The van der Waals surface area contributed by atoms with Crippen molar-refractivity contribution in [2.45, 2.75) is 43.4 Å².